The predicted molar refractivity (Wildman–Crippen MR) is 125 cm³/mol. The second-order valence-corrected chi connectivity index (χ2v) is 8.77. The number of unbranched alkanes of at least 4 members (excludes halogenated alkanes) is 10. The molecule has 1 nitrogen and oxygen atoms in total. The topological polar surface area (TPSA) is 20.2 Å². The lowest BCUT2D eigenvalue weighted by Gasteiger charge is -2.30. The van der Waals surface area contributed by atoms with Gasteiger partial charge in [-0.1, -0.05) is 109 Å². The van der Waals surface area contributed by atoms with Crippen LogP contribution in [0.4, 0.5) is 0 Å². The Bertz CT molecular complexity index is 500. The molecule has 1 rings (SSSR count). The minimum Gasteiger partial charge on any atom is -0.507 e. The second kappa shape index (κ2) is 14.4. The Morgan fingerprint density at radius 2 is 1.26 bits per heavy atom. The average molecular weight is 393 g/mol. The number of thiocarbonyl (C=S) groups is 1. The Balaban J connectivity index is 2.64. The number of rotatable bonds is 15. The molecule has 0 bridgehead atoms. The summed E-state index contributed by atoms with van der Waals surface area (Å²) in [7, 11) is 0. The molecule has 0 aromatic carbocycles. The smallest absolute Gasteiger partial charge is 0.123 e. The van der Waals surface area contributed by atoms with Crippen molar-refractivity contribution in [3.05, 3.63) is 22.5 Å². The molecule has 0 aromatic rings. The van der Waals surface area contributed by atoms with Crippen LogP contribution in [0.25, 0.3) is 0 Å². The number of aliphatic hydroxyl groups excluding tert-OH is 1. The third kappa shape index (κ3) is 8.10. The molecule has 1 aliphatic rings. The molecule has 1 unspecified atom stereocenters. The van der Waals surface area contributed by atoms with Crippen LogP contribution >= 0.6 is 12.2 Å². The summed E-state index contributed by atoms with van der Waals surface area (Å²) in [6.45, 7) is 8.88. The van der Waals surface area contributed by atoms with Crippen LogP contribution in [0.15, 0.2) is 22.5 Å². The molecule has 2 heteroatoms. The molecule has 1 aliphatic carbocycles. The van der Waals surface area contributed by atoms with Crippen LogP contribution < -0.4 is 0 Å². The van der Waals surface area contributed by atoms with E-state index in [1.165, 1.54) is 88.2 Å². The van der Waals surface area contributed by atoms with Crippen LogP contribution in [0, 0.1) is 5.92 Å². The van der Waals surface area contributed by atoms with Gasteiger partial charge in [0.15, 0.2) is 0 Å². The van der Waals surface area contributed by atoms with Crippen molar-refractivity contribution >= 4 is 17.1 Å². The number of aliphatic hydroxyl groups is 1. The largest absolute Gasteiger partial charge is 0.507 e. The van der Waals surface area contributed by atoms with E-state index in [-0.39, 0.29) is 0 Å². The van der Waals surface area contributed by atoms with Crippen molar-refractivity contribution in [2.75, 3.05) is 0 Å². The minimum atomic E-state index is 0.382. The van der Waals surface area contributed by atoms with E-state index in [9.17, 15) is 5.11 Å². The van der Waals surface area contributed by atoms with Crippen LogP contribution in [0.5, 0.6) is 0 Å². The molecule has 0 saturated heterocycles. The van der Waals surface area contributed by atoms with Gasteiger partial charge in [-0.3, -0.25) is 0 Å². The van der Waals surface area contributed by atoms with Gasteiger partial charge < -0.3 is 5.11 Å². The summed E-state index contributed by atoms with van der Waals surface area (Å²) in [6, 6.07) is 0. The van der Waals surface area contributed by atoms with Gasteiger partial charge in [-0.05, 0) is 38.2 Å². The zero-order chi connectivity index (χ0) is 20.1. The summed E-state index contributed by atoms with van der Waals surface area (Å²) in [5, 5.41) is 10.8. The zero-order valence-corrected chi connectivity index (χ0v) is 19.4. The lowest BCUT2D eigenvalue weighted by molar-refractivity contribution is 0.404. The van der Waals surface area contributed by atoms with Crippen molar-refractivity contribution in [2.24, 2.45) is 5.92 Å². The Morgan fingerprint density at radius 3 is 1.81 bits per heavy atom. The lowest BCUT2D eigenvalue weighted by Crippen LogP contribution is -2.24. The molecule has 0 spiro atoms. The number of hydrogen-bond donors (Lipinski definition) is 1. The maximum absolute atomic E-state index is 10.8. The van der Waals surface area contributed by atoms with Crippen LogP contribution in [0.2, 0.25) is 0 Å². The van der Waals surface area contributed by atoms with Crippen LogP contribution in [0.1, 0.15) is 124 Å². The molecule has 1 atom stereocenters. The first-order valence-corrected chi connectivity index (χ1v) is 12.2. The van der Waals surface area contributed by atoms with Crippen molar-refractivity contribution in [1.29, 1.82) is 0 Å². The summed E-state index contributed by atoms with van der Waals surface area (Å²) in [4.78, 5) is 1.02. The molecule has 27 heavy (non-hydrogen) atoms. The fourth-order valence-electron chi connectivity index (χ4n) is 4.32. The first-order valence-electron chi connectivity index (χ1n) is 11.7. The van der Waals surface area contributed by atoms with Crippen molar-refractivity contribution < 1.29 is 5.11 Å². The molecule has 0 heterocycles. The van der Waals surface area contributed by atoms with Crippen LogP contribution in [-0.2, 0) is 0 Å². The van der Waals surface area contributed by atoms with Gasteiger partial charge in [-0.15, -0.1) is 0 Å². The van der Waals surface area contributed by atoms with Gasteiger partial charge in [-0.25, -0.2) is 0 Å². The molecule has 0 radical (unpaired) electrons. The van der Waals surface area contributed by atoms with Crippen molar-refractivity contribution in [1.82, 2.24) is 0 Å². The Morgan fingerprint density at radius 1 is 0.741 bits per heavy atom. The van der Waals surface area contributed by atoms with E-state index in [0.29, 0.717) is 11.7 Å². The third-order valence-corrected chi connectivity index (χ3v) is 6.70. The van der Waals surface area contributed by atoms with Crippen molar-refractivity contribution in [3.8, 4) is 0 Å². The van der Waals surface area contributed by atoms with Crippen LogP contribution in [0.3, 0.4) is 0 Å². The normalized spacial score (nSPS) is 17.9. The highest BCUT2D eigenvalue weighted by Crippen LogP contribution is 2.38. The first-order chi connectivity index (χ1) is 13.1. The van der Waals surface area contributed by atoms with Crippen molar-refractivity contribution in [3.63, 3.8) is 0 Å². The van der Waals surface area contributed by atoms with E-state index in [2.05, 4.69) is 27.7 Å². The van der Waals surface area contributed by atoms with E-state index in [0.717, 1.165) is 29.7 Å². The number of allylic oxidation sites excluding steroid dienone is 3. The molecule has 156 valence electrons. The van der Waals surface area contributed by atoms with Gasteiger partial charge in [-0.2, -0.15) is 0 Å². The summed E-state index contributed by atoms with van der Waals surface area (Å²) >= 11 is 5.81. The standard InChI is InChI=1S/C25H44OS/c1-5-8-10-12-14-16-18-22-20(4)23(19-17-15-13-11-9-6-2)25(27)21(7-3)24(22)26/h23,26H,5-19H2,1-4H3. The highest BCUT2D eigenvalue weighted by Gasteiger charge is 2.29. The van der Waals surface area contributed by atoms with E-state index >= 15 is 0 Å². The highest BCUT2D eigenvalue weighted by atomic mass is 32.1. The molecule has 0 aliphatic heterocycles. The van der Waals surface area contributed by atoms with Gasteiger partial charge in [0.25, 0.3) is 0 Å². The number of hydrogen-bond acceptors (Lipinski definition) is 2. The summed E-state index contributed by atoms with van der Waals surface area (Å²) in [5.74, 6) is 0.903. The van der Waals surface area contributed by atoms with E-state index in [1.54, 1.807) is 0 Å². The maximum Gasteiger partial charge on any atom is 0.123 e. The molecule has 1 N–H and O–H groups in total. The fourth-order valence-corrected chi connectivity index (χ4v) is 4.85. The molecular weight excluding hydrogens is 348 g/mol. The highest BCUT2D eigenvalue weighted by molar-refractivity contribution is 7.80. The second-order valence-electron chi connectivity index (χ2n) is 8.33. The molecule has 0 amide bonds. The summed E-state index contributed by atoms with van der Waals surface area (Å²) < 4.78 is 0. The van der Waals surface area contributed by atoms with Gasteiger partial charge in [0.2, 0.25) is 0 Å². The quantitative estimate of drug-likeness (QED) is 0.221. The predicted octanol–water partition coefficient (Wildman–Crippen LogP) is 9.03. The first kappa shape index (κ1) is 24.4. The van der Waals surface area contributed by atoms with Gasteiger partial charge in [0.1, 0.15) is 5.76 Å². The molecule has 0 fully saturated rings. The van der Waals surface area contributed by atoms with Gasteiger partial charge >= 0.3 is 0 Å². The van der Waals surface area contributed by atoms with Gasteiger partial charge in [0.05, 0.1) is 0 Å². The molecule has 0 saturated carbocycles. The lowest BCUT2D eigenvalue weighted by atomic mass is 9.77. The van der Waals surface area contributed by atoms with E-state index < -0.39 is 0 Å². The Labute approximate surface area is 174 Å². The van der Waals surface area contributed by atoms with Crippen LogP contribution in [-0.4, -0.2) is 9.97 Å². The zero-order valence-electron chi connectivity index (χ0n) is 18.5. The summed E-state index contributed by atoms with van der Waals surface area (Å²) in [5.41, 5.74) is 3.62. The SMILES string of the molecule is CCCCCCCCC1=C(C)C(CCCCCCCC)C(=S)C(CC)=C1O. The molecular formula is C25H44OS. The Kier molecular flexibility index (Phi) is 13.0. The van der Waals surface area contributed by atoms with Gasteiger partial charge in [0, 0.05) is 16.4 Å². The Hall–Kier alpha value is -0.630. The third-order valence-electron chi connectivity index (χ3n) is 6.16. The van der Waals surface area contributed by atoms with E-state index in [1.807, 2.05) is 0 Å². The van der Waals surface area contributed by atoms with Crippen molar-refractivity contribution in [2.45, 2.75) is 124 Å². The summed E-state index contributed by atoms with van der Waals surface area (Å²) in [6.07, 6.45) is 18.8. The average Bonchev–Trinajstić information content (AvgIpc) is 2.66. The monoisotopic (exact) mass is 392 g/mol. The molecule has 0 aromatic heterocycles. The van der Waals surface area contributed by atoms with E-state index in [4.69, 9.17) is 12.2 Å². The minimum absolute atomic E-state index is 0.382. The maximum atomic E-state index is 10.8. The fraction of sp³-hybridized carbons (Fsp3) is 0.800.